The lowest BCUT2D eigenvalue weighted by Crippen LogP contribution is -2.28. The molecule has 136 valence electrons. The number of carbonyl (C=O) groups excluding carboxylic acids is 1. The fourth-order valence-corrected chi connectivity index (χ4v) is 3.82. The van der Waals surface area contributed by atoms with Crippen molar-refractivity contribution in [2.75, 3.05) is 18.4 Å². The zero-order chi connectivity index (χ0) is 16.8. The molecule has 1 amide bonds. The summed E-state index contributed by atoms with van der Waals surface area (Å²) in [4.78, 5) is 17.7. The molecule has 0 aliphatic carbocycles. The van der Waals surface area contributed by atoms with Crippen molar-refractivity contribution in [3.05, 3.63) is 36.7 Å². The van der Waals surface area contributed by atoms with E-state index in [0.29, 0.717) is 12.3 Å². The summed E-state index contributed by atoms with van der Waals surface area (Å²) in [6.07, 6.45) is 7.62. The molecule has 1 aliphatic heterocycles. The van der Waals surface area contributed by atoms with Gasteiger partial charge in [-0.3, -0.25) is 4.79 Å². The Labute approximate surface area is 159 Å². The number of imidazole rings is 1. The number of aryl methyl sites for hydroxylation is 1. The van der Waals surface area contributed by atoms with Crippen molar-refractivity contribution in [1.82, 2.24) is 14.9 Å². The summed E-state index contributed by atoms with van der Waals surface area (Å²) in [5.74, 6) is 0.774. The van der Waals surface area contributed by atoms with Crippen LogP contribution in [0.4, 0.5) is 5.69 Å². The number of hydrogen-bond donors (Lipinski definition) is 2. The fourth-order valence-electron chi connectivity index (χ4n) is 2.93. The van der Waals surface area contributed by atoms with Crippen LogP contribution in [0.25, 0.3) is 0 Å². The summed E-state index contributed by atoms with van der Waals surface area (Å²) in [7, 11) is 1.97. The molecule has 0 bridgehead atoms. The molecular formula is C18H25ClN4OS. The average Bonchev–Trinajstić information content (AvgIpc) is 3.01. The number of amides is 1. The van der Waals surface area contributed by atoms with E-state index in [4.69, 9.17) is 0 Å². The Morgan fingerprint density at radius 2 is 2.12 bits per heavy atom. The highest BCUT2D eigenvalue weighted by molar-refractivity contribution is 7.99. The van der Waals surface area contributed by atoms with E-state index in [0.717, 1.165) is 35.2 Å². The van der Waals surface area contributed by atoms with Crippen LogP contribution in [0.5, 0.6) is 0 Å². The lowest BCUT2D eigenvalue weighted by molar-refractivity contribution is -0.116. The first-order valence-corrected chi connectivity index (χ1v) is 9.29. The molecule has 1 aromatic carbocycles. The second kappa shape index (κ2) is 9.85. The lowest BCUT2D eigenvalue weighted by Gasteiger charge is -2.22. The Bertz CT molecular complexity index is 685. The smallest absolute Gasteiger partial charge is 0.224 e. The molecule has 0 saturated carbocycles. The summed E-state index contributed by atoms with van der Waals surface area (Å²) in [6.45, 7) is 2.16. The molecule has 7 heteroatoms. The SMILES string of the molecule is Cl.Cn1ccnc1Sc1ccccc1NC(=O)CCC1CCNCC1. The third-order valence-corrected chi connectivity index (χ3v) is 5.53. The van der Waals surface area contributed by atoms with Gasteiger partial charge < -0.3 is 15.2 Å². The summed E-state index contributed by atoms with van der Waals surface area (Å²) in [5, 5.41) is 7.34. The van der Waals surface area contributed by atoms with Crippen LogP contribution < -0.4 is 10.6 Å². The van der Waals surface area contributed by atoms with Crippen LogP contribution in [-0.2, 0) is 11.8 Å². The first-order valence-electron chi connectivity index (χ1n) is 8.47. The van der Waals surface area contributed by atoms with Crippen molar-refractivity contribution in [2.45, 2.75) is 35.7 Å². The maximum Gasteiger partial charge on any atom is 0.224 e. The van der Waals surface area contributed by atoms with Gasteiger partial charge >= 0.3 is 0 Å². The molecule has 1 aliphatic rings. The highest BCUT2D eigenvalue weighted by Crippen LogP contribution is 2.32. The van der Waals surface area contributed by atoms with Crippen molar-refractivity contribution < 1.29 is 4.79 Å². The standard InChI is InChI=1S/C18H24N4OS.ClH/c1-22-13-12-20-18(22)24-16-5-3-2-4-15(16)21-17(23)7-6-14-8-10-19-11-9-14;/h2-5,12-14,19H,6-11H2,1H3,(H,21,23);1H. The van der Waals surface area contributed by atoms with Gasteiger partial charge in [0.05, 0.1) is 5.69 Å². The third kappa shape index (κ3) is 5.76. The normalized spacial score (nSPS) is 14.8. The minimum atomic E-state index is 0. The number of anilines is 1. The number of nitrogens with zero attached hydrogens (tertiary/aromatic N) is 2. The first-order chi connectivity index (χ1) is 11.7. The van der Waals surface area contributed by atoms with E-state index >= 15 is 0 Å². The van der Waals surface area contributed by atoms with Gasteiger partial charge in [0, 0.05) is 30.8 Å². The third-order valence-electron chi connectivity index (χ3n) is 4.38. The molecule has 0 spiro atoms. The van der Waals surface area contributed by atoms with E-state index in [1.54, 1.807) is 18.0 Å². The van der Waals surface area contributed by atoms with Gasteiger partial charge in [0.25, 0.3) is 0 Å². The van der Waals surface area contributed by atoms with Crippen LogP contribution in [0.3, 0.4) is 0 Å². The Morgan fingerprint density at radius 1 is 1.36 bits per heavy atom. The Hall–Kier alpha value is -1.50. The van der Waals surface area contributed by atoms with Gasteiger partial charge in [0.15, 0.2) is 5.16 Å². The van der Waals surface area contributed by atoms with Crippen LogP contribution in [0, 0.1) is 5.92 Å². The van der Waals surface area contributed by atoms with Crippen LogP contribution in [0.2, 0.25) is 0 Å². The number of rotatable bonds is 6. The summed E-state index contributed by atoms with van der Waals surface area (Å²) in [6, 6.07) is 7.90. The topological polar surface area (TPSA) is 59.0 Å². The number of piperidine rings is 1. The van der Waals surface area contributed by atoms with E-state index in [-0.39, 0.29) is 18.3 Å². The number of carbonyl (C=O) groups is 1. The van der Waals surface area contributed by atoms with E-state index in [1.165, 1.54) is 12.8 Å². The molecular weight excluding hydrogens is 356 g/mol. The molecule has 0 radical (unpaired) electrons. The number of hydrogen-bond acceptors (Lipinski definition) is 4. The maximum absolute atomic E-state index is 12.3. The number of benzene rings is 1. The van der Waals surface area contributed by atoms with Crippen LogP contribution >= 0.6 is 24.2 Å². The second-order valence-corrected chi connectivity index (χ2v) is 7.21. The van der Waals surface area contributed by atoms with E-state index in [2.05, 4.69) is 15.6 Å². The van der Waals surface area contributed by atoms with Gasteiger partial charge in [-0.05, 0) is 62.2 Å². The van der Waals surface area contributed by atoms with Crippen molar-refractivity contribution in [2.24, 2.45) is 13.0 Å². The molecule has 1 fully saturated rings. The molecule has 2 heterocycles. The molecule has 1 aromatic heterocycles. The number of halogens is 1. The van der Waals surface area contributed by atoms with Gasteiger partial charge in [0.2, 0.25) is 5.91 Å². The van der Waals surface area contributed by atoms with Gasteiger partial charge in [-0.25, -0.2) is 4.98 Å². The lowest BCUT2D eigenvalue weighted by atomic mass is 9.93. The largest absolute Gasteiger partial charge is 0.329 e. The highest BCUT2D eigenvalue weighted by atomic mass is 35.5. The molecule has 1 saturated heterocycles. The molecule has 25 heavy (non-hydrogen) atoms. The molecule has 0 atom stereocenters. The van der Waals surface area contributed by atoms with Crippen LogP contribution in [0.15, 0.2) is 46.7 Å². The minimum Gasteiger partial charge on any atom is -0.329 e. The van der Waals surface area contributed by atoms with Gasteiger partial charge in [-0.15, -0.1) is 12.4 Å². The average molecular weight is 381 g/mol. The molecule has 2 aromatic rings. The highest BCUT2D eigenvalue weighted by Gasteiger charge is 2.15. The zero-order valence-electron chi connectivity index (χ0n) is 14.4. The zero-order valence-corrected chi connectivity index (χ0v) is 16.0. The molecule has 3 rings (SSSR count). The number of nitrogens with one attached hydrogen (secondary N) is 2. The van der Waals surface area contributed by atoms with Crippen molar-refractivity contribution in [3.63, 3.8) is 0 Å². The van der Waals surface area contributed by atoms with Crippen LogP contribution in [-0.4, -0.2) is 28.5 Å². The van der Waals surface area contributed by atoms with E-state index in [9.17, 15) is 4.79 Å². The number of aromatic nitrogens is 2. The summed E-state index contributed by atoms with van der Waals surface area (Å²) >= 11 is 1.56. The number of para-hydroxylation sites is 1. The quantitative estimate of drug-likeness (QED) is 0.802. The van der Waals surface area contributed by atoms with Crippen molar-refractivity contribution in [1.29, 1.82) is 0 Å². The minimum absolute atomic E-state index is 0. The Balaban J connectivity index is 0.00000225. The van der Waals surface area contributed by atoms with Crippen molar-refractivity contribution >= 4 is 35.8 Å². The van der Waals surface area contributed by atoms with Gasteiger partial charge in [0.1, 0.15) is 0 Å². The van der Waals surface area contributed by atoms with E-state index < -0.39 is 0 Å². The van der Waals surface area contributed by atoms with Gasteiger partial charge in [-0.1, -0.05) is 12.1 Å². The van der Waals surface area contributed by atoms with Crippen LogP contribution in [0.1, 0.15) is 25.7 Å². The van der Waals surface area contributed by atoms with Crippen molar-refractivity contribution in [3.8, 4) is 0 Å². The monoisotopic (exact) mass is 380 g/mol. The second-order valence-electron chi connectivity index (χ2n) is 6.20. The van der Waals surface area contributed by atoms with Gasteiger partial charge in [-0.2, -0.15) is 0 Å². The predicted molar refractivity (Wildman–Crippen MR) is 104 cm³/mol. The Morgan fingerprint density at radius 3 is 2.84 bits per heavy atom. The first kappa shape index (κ1) is 19.8. The maximum atomic E-state index is 12.3. The molecule has 2 N–H and O–H groups in total. The summed E-state index contributed by atoms with van der Waals surface area (Å²) in [5.41, 5.74) is 0.862. The molecule has 0 unspecified atom stereocenters. The summed E-state index contributed by atoms with van der Waals surface area (Å²) < 4.78 is 1.97. The fraction of sp³-hybridized carbons (Fsp3) is 0.444. The molecule has 5 nitrogen and oxygen atoms in total. The van der Waals surface area contributed by atoms with E-state index in [1.807, 2.05) is 42.1 Å². The Kier molecular flexibility index (Phi) is 7.81. The predicted octanol–water partition coefficient (Wildman–Crippen LogP) is 3.71.